The van der Waals surface area contributed by atoms with E-state index in [0.717, 1.165) is 11.3 Å². The zero-order valence-electron chi connectivity index (χ0n) is 14.0. The van der Waals surface area contributed by atoms with Crippen molar-refractivity contribution in [2.24, 2.45) is 0 Å². The molecule has 1 saturated heterocycles. The van der Waals surface area contributed by atoms with Crippen LogP contribution >= 0.6 is 11.6 Å². The predicted octanol–water partition coefficient (Wildman–Crippen LogP) is 3.13. The number of carbonyl (C=O) groups is 1. The number of aromatic nitrogens is 3. The summed E-state index contributed by atoms with van der Waals surface area (Å²) in [5.41, 5.74) is 2.58. The van der Waals surface area contributed by atoms with Crippen molar-refractivity contribution < 1.29 is 9.53 Å². The van der Waals surface area contributed by atoms with Gasteiger partial charge in [0, 0.05) is 22.8 Å². The molecule has 1 unspecified atom stereocenters. The fourth-order valence-electron chi connectivity index (χ4n) is 3.01. The molecule has 2 aromatic carbocycles. The lowest BCUT2D eigenvalue weighted by molar-refractivity contribution is -0.0228. The van der Waals surface area contributed by atoms with Gasteiger partial charge in [-0.3, -0.25) is 9.36 Å². The zero-order chi connectivity index (χ0) is 17.9. The van der Waals surface area contributed by atoms with Crippen molar-refractivity contribution in [1.82, 2.24) is 19.7 Å². The fraction of sp³-hybridized carbons (Fsp3) is 0.211. The summed E-state index contributed by atoms with van der Waals surface area (Å²) in [4.78, 5) is 14.7. The minimum absolute atomic E-state index is 0.00238. The maximum absolute atomic E-state index is 12.8. The summed E-state index contributed by atoms with van der Waals surface area (Å²) in [6.07, 6.45) is 3.10. The van der Waals surface area contributed by atoms with Gasteiger partial charge in [-0.15, -0.1) is 10.2 Å². The summed E-state index contributed by atoms with van der Waals surface area (Å²) in [5.74, 6) is 0.00238. The number of benzene rings is 2. The van der Waals surface area contributed by atoms with Gasteiger partial charge in [0.1, 0.15) is 18.8 Å². The van der Waals surface area contributed by atoms with E-state index in [0.29, 0.717) is 30.3 Å². The second-order valence-corrected chi connectivity index (χ2v) is 6.51. The highest BCUT2D eigenvalue weighted by Crippen LogP contribution is 2.24. The summed E-state index contributed by atoms with van der Waals surface area (Å²) in [5, 5.41) is 8.26. The topological polar surface area (TPSA) is 60.2 Å². The molecule has 1 aromatic heterocycles. The lowest BCUT2D eigenvalue weighted by Crippen LogP contribution is -2.42. The van der Waals surface area contributed by atoms with Crippen molar-refractivity contribution in [3.63, 3.8) is 0 Å². The van der Waals surface area contributed by atoms with Crippen LogP contribution in [0.15, 0.2) is 61.2 Å². The van der Waals surface area contributed by atoms with Gasteiger partial charge in [0.25, 0.3) is 5.91 Å². The quantitative estimate of drug-likeness (QED) is 0.712. The molecular formula is C19H17ClN4O2. The van der Waals surface area contributed by atoms with Crippen molar-refractivity contribution in [3.8, 4) is 5.69 Å². The molecule has 3 aromatic rings. The van der Waals surface area contributed by atoms with Gasteiger partial charge in [0.2, 0.25) is 0 Å². The third-order valence-corrected chi connectivity index (χ3v) is 4.68. The van der Waals surface area contributed by atoms with E-state index in [1.54, 1.807) is 17.2 Å². The van der Waals surface area contributed by atoms with Crippen molar-refractivity contribution in [2.75, 3.05) is 19.7 Å². The highest BCUT2D eigenvalue weighted by Gasteiger charge is 2.26. The van der Waals surface area contributed by atoms with E-state index >= 15 is 0 Å². The van der Waals surface area contributed by atoms with Crippen molar-refractivity contribution in [3.05, 3.63) is 77.3 Å². The van der Waals surface area contributed by atoms with E-state index in [1.165, 1.54) is 0 Å². The molecule has 1 fully saturated rings. The molecule has 6 nitrogen and oxygen atoms in total. The number of hydrogen-bond donors (Lipinski definition) is 0. The van der Waals surface area contributed by atoms with E-state index in [1.807, 2.05) is 53.4 Å². The van der Waals surface area contributed by atoms with Gasteiger partial charge in [0.15, 0.2) is 0 Å². The highest BCUT2D eigenvalue weighted by atomic mass is 35.5. The maximum atomic E-state index is 12.8. The Kier molecular flexibility index (Phi) is 4.69. The summed E-state index contributed by atoms with van der Waals surface area (Å²) in [6, 6.07) is 15.0. The Balaban J connectivity index is 1.48. The van der Waals surface area contributed by atoms with Crippen LogP contribution in [-0.4, -0.2) is 45.3 Å². The van der Waals surface area contributed by atoms with E-state index in [4.69, 9.17) is 16.3 Å². The van der Waals surface area contributed by atoms with E-state index < -0.39 is 0 Å². The number of halogens is 1. The average Bonchev–Trinajstić information content (AvgIpc) is 3.23. The molecule has 4 rings (SSSR count). The van der Waals surface area contributed by atoms with Crippen LogP contribution in [0.25, 0.3) is 5.69 Å². The first kappa shape index (κ1) is 16.8. The Morgan fingerprint density at radius 1 is 1.04 bits per heavy atom. The number of ether oxygens (including phenoxy) is 1. The third-order valence-electron chi connectivity index (χ3n) is 4.43. The number of hydrogen-bond acceptors (Lipinski definition) is 4. The number of rotatable bonds is 3. The van der Waals surface area contributed by atoms with E-state index in [2.05, 4.69) is 10.2 Å². The molecular weight excluding hydrogens is 352 g/mol. The Morgan fingerprint density at radius 2 is 1.73 bits per heavy atom. The van der Waals surface area contributed by atoms with Crippen molar-refractivity contribution >= 4 is 17.5 Å². The third kappa shape index (κ3) is 3.47. The Bertz CT molecular complexity index is 879. The number of carbonyl (C=O) groups excluding carboxylic acids is 1. The Hall–Kier alpha value is -2.70. The second-order valence-electron chi connectivity index (χ2n) is 6.08. The van der Waals surface area contributed by atoms with Crippen LogP contribution in [0.5, 0.6) is 0 Å². The lowest BCUT2D eigenvalue weighted by Gasteiger charge is -2.33. The molecule has 1 atom stereocenters. The van der Waals surface area contributed by atoms with Gasteiger partial charge >= 0.3 is 0 Å². The smallest absolute Gasteiger partial charge is 0.254 e. The number of morpholine rings is 1. The van der Waals surface area contributed by atoms with Crippen molar-refractivity contribution in [2.45, 2.75) is 6.10 Å². The molecule has 0 aliphatic carbocycles. The first-order valence-corrected chi connectivity index (χ1v) is 8.70. The van der Waals surface area contributed by atoms with Crippen LogP contribution in [0.1, 0.15) is 22.0 Å². The summed E-state index contributed by atoms with van der Waals surface area (Å²) in [7, 11) is 0. The summed E-state index contributed by atoms with van der Waals surface area (Å²) < 4.78 is 7.63. The standard InChI is InChI=1S/C19H17ClN4O2/c20-16-5-1-14(2-6-16)18-11-23(9-10-26-18)19(25)15-3-7-17(8-4-15)24-12-21-22-13-24/h1-8,12-13,18H,9-11H2. The minimum Gasteiger partial charge on any atom is -0.370 e. The fourth-order valence-corrected chi connectivity index (χ4v) is 3.13. The Labute approximate surface area is 156 Å². The molecule has 1 amide bonds. The van der Waals surface area contributed by atoms with Crippen LogP contribution in [0, 0.1) is 0 Å². The van der Waals surface area contributed by atoms with Gasteiger partial charge in [-0.1, -0.05) is 23.7 Å². The van der Waals surface area contributed by atoms with Crippen LogP contribution in [-0.2, 0) is 4.74 Å². The van der Waals surface area contributed by atoms with E-state index in [-0.39, 0.29) is 12.0 Å². The predicted molar refractivity (Wildman–Crippen MR) is 97.4 cm³/mol. The first-order chi connectivity index (χ1) is 12.7. The SMILES string of the molecule is O=C(c1ccc(-n2cnnc2)cc1)N1CCOC(c2ccc(Cl)cc2)C1. The first-order valence-electron chi connectivity index (χ1n) is 8.32. The normalized spacial score (nSPS) is 17.3. The van der Waals surface area contributed by atoms with Gasteiger partial charge < -0.3 is 9.64 Å². The van der Waals surface area contributed by atoms with E-state index in [9.17, 15) is 4.79 Å². The monoisotopic (exact) mass is 368 g/mol. The maximum Gasteiger partial charge on any atom is 0.254 e. The molecule has 132 valence electrons. The molecule has 1 aliphatic rings. The van der Waals surface area contributed by atoms with Crippen LogP contribution < -0.4 is 0 Å². The Morgan fingerprint density at radius 3 is 2.42 bits per heavy atom. The lowest BCUT2D eigenvalue weighted by atomic mass is 10.1. The van der Waals surface area contributed by atoms with Crippen LogP contribution in [0.4, 0.5) is 0 Å². The second kappa shape index (κ2) is 7.27. The van der Waals surface area contributed by atoms with Crippen LogP contribution in [0.3, 0.4) is 0 Å². The summed E-state index contributed by atoms with van der Waals surface area (Å²) >= 11 is 5.94. The number of nitrogens with zero attached hydrogens (tertiary/aromatic N) is 4. The molecule has 0 bridgehead atoms. The minimum atomic E-state index is -0.138. The largest absolute Gasteiger partial charge is 0.370 e. The molecule has 0 saturated carbocycles. The van der Waals surface area contributed by atoms with Crippen LogP contribution in [0.2, 0.25) is 5.02 Å². The molecule has 0 N–H and O–H groups in total. The average molecular weight is 369 g/mol. The van der Waals surface area contributed by atoms with Gasteiger partial charge in [0.05, 0.1) is 13.2 Å². The molecule has 2 heterocycles. The molecule has 0 spiro atoms. The van der Waals surface area contributed by atoms with Gasteiger partial charge in [-0.05, 0) is 42.0 Å². The van der Waals surface area contributed by atoms with Crippen molar-refractivity contribution in [1.29, 1.82) is 0 Å². The molecule has 26 heavy (non-hydrogen) atoms. The summed E-state index contributed by atoms with van der Waals surface area (Å²) in [6.45, 7) is 1.61. The van der Waals surface area contributed by atoms with Gasteiger partial charge in [-0.25, -0.2) is 0 Å². The highest BCUT2D eigenvalue weighted by molar-refractivity contribution is 6.30. The molecule has 0 radical (unpaired) electrons. The molecule has 1 aliphatic heterocycles. The van der Waals surface area contributed by atoms with Gasteiger partial charge in [-0.2, -0.15) is 0 Å². The molecule has 7 heteroatoms. The number of amides is 1. The zero-order valence-corrected chi connectivity index (χ0v) is 14.7.